The number of nitrogens with zero attached hydrogens (tertiary/aromatic N) is 7. The topological polar surface area (TPSA) is 92.1 Å². The molecule has 1 fully saturated rings. The highest BCUT2D eigenvalue weighted by molar-refractivity contribution is 5.83. The van der Waals surface area contributed by atoms with Crippen LogP contribution in [0.1, 0.15) is 57.6 Å². The number of aryl methyl sites for hydroxylation is 1. The van der Waals surface area contributed by atoms with Crippen LogP contribution in [0, 0.1) is 18.6 Å². The molecule has 11 heteroatoms. The zero-order valence-corrected chi connectivity index (χ0v) is 23.4. The number of amides is 1. The lowest BCUT2D eigenvalue weighted by Gasteiger charge is -2.38. The first kappa shape index (κ1) is 27.6. The second kappa shape index (κ2) is 11.2. The standard InChI is InChI=1S/C29H34F2N8O/c1-6-23(38-11-10-37(7-2)26(40)16-38)19-8-9-25(32-14-19)35-29-33-15-22(31)27(36-29)20-12-21(30)28-24(13-20)39(17(3)4)18(5)34-28/h8-9,12-15,17,23H,6-7,10-11,16H2,1-5H3,(H,32,33,35,36). The van der Waals surface area contributed by atoms with Gasteiger partial charge in [-0.15, -0.1) is 0 Å². The van der Waals surface area contributed by atoms with E-state index in [0.717, 1.165) is 37.8 Å². The van der Waals surface area contributed by atoms with Crippen molar-refractivity contribution in [1.82, 2.24) is 34.3 Å². The molecule has 4 aromatic rings. The van der Waals surface area contributed by atoms with Gasteiger partial charge in [-0.05, 0) is 57.9 Å². The van der Waals surface area contributed by atoms with Crippen LogP contribution in [0.3, 0.4) is 0 Å². The summed E-state index contributed by atoms with van der Waals surface area (Å²) in [6.07, 6.45) is 3.68. The van der Waals surface area contributed by atoms with Gasteiger partial charge >= 0.3 is 0 Å². The SMILES string of the molecule is CCC(c1ccc(Nc2ncc(F)c(-c3cc(F)c4nc(C)n(C(C)C)c4c3)n2)nc1)N1CCN(CC)C(=O)C1. The number of halogens is 2. The van der Waals surface area contributed by atoms with Gasteiger partial charge in [0.25, 0.3) is 0 Å². The van der Waals surface area contributed by atoms with Gasteiger partial charge in [-0.3, -0.25) is 9.69 Å². The molecule has 0 radical (unpaired) electrons. The van der Waals surface area contributed by atoms with Gasteiger partial charge in [-0.1, -0.05) is 13.0 Å². The molecule has 1 aromatic carbocycles. The Morgan fingerprint density at radius 2 is 1.82 bits per heavy atom. The smallest absolute Gasteiger partial charge is 0.236 e. The number of benzene rings is 1. The summed E-state index contributed by atoms with van der Waals surface area (Å²) in [5.41, 5.74) is 2.10. The van der Waals surface area contributed by atoms with E-state index in [-0.39, 0.29) is 35.1 Å². The maximum Gasteiger partial charge on any atom is 0.236 e. The van der Waals surface area contributed by atoms with Crippen LogP contribution in [0.4, 0.5) is 20.5 Å². The lowest BCUT2D eigenvalue weighted by molar-refractivity contribution is -0.136. The Bertz CT molecular complexity index is 1540. The van der Waals surface area contributed by atoms with Crippen molar-refractivity contribution in [3.63, 3.8) is 0 Å². The van der Waals surface area contributed by atoms with Gasteiger partial charge in [0.15, 0.2) is 11.6 Å². The molecule has 40 heavy (non-hydrogen) atoms. The van der Waals surface area contributed by atoms with E-state index in [1.54, 1.807) is 12.3 Å². The third-order valence-electron chi connectivity index (χ3n) is 7.43. The van der Waals surface area contributed by atoms with Crippen LogP contribution in [0.2, 0.25) is 0 Å². The quantitative estimate of drug-likeness (QED) is 0.315. The predicted molar refractivity (Wildman–Crippen MR) is 150 cm³/mol. The number of piperazine rings is 1. The van der Waals surface area contributed by atoms with Gasteiger partial charge in [0.05, 0.1) is 18.3 Å². The summed E-state index contributed by atoms with van der Waals surface area (Å²) in [5, 5.41) is 3.03. The van der Waals surface area contributed by atoms with Crippen LogP contribution in [0.15, 0.2) is 36.7 Å². The Morgan fingerprint density at radius 1 is 1.02 bits per heavy atom. The van der Waals surface area contributed by atoms with Crippen molar-refractivity contribution in [2.75, 3.05) is 31.5 Å². The van der Waals surface area contributed by atoms with E-state index in [0.29, 0.717) is 29.3 Å². The fourth-order valence-electron chi connectivity index (χ4n) is 5.51. The van der Waals surface area contributed by atoms with Crippen molar-refractivity contribution < 1.29 is 13.6 Å². The van der Waals surface area contributed by atoms with E-state index in [2.05, 4.69) is 37.1 Å². The minimum atomic E-state index is -0.663. The highest BCUT2D eigenvalue weighted by atomic mass is 19.1. The molecule has 0 aliphatic carbocycles. The zero-order chi connectivity index (χ0) is 28.6. The number of rotatable bonds is 8. The van der Waals surface area contributed by atoms with Gasteiger partial charge in [0, 0.05) is 43.5 Å². The van der Waals surface area contributed by atoms with E-state index in [1.807, 2.05) is 49.3 Å². The Hall–Kier alpha value is -3.99. The molecule has 0 saturated carbocycles. The van der Waals surface area contributed by atoms with Crippen molar-refractivity contribution in [2.45, 2.75) is 53.1 Å². The van der Waals surface area contributed by atoms with Crippen molar-refractivity contribution >= 4 is 28.7 Å². The summed E-state index contributed by atoms with van der Waals surface area (Å²) in [6, 6.07) is 6.85. The molecule has 1 aliphatic rings. The molecule has 1 saturated heterocycles. The molecule has 3 aromatic heterocycles. The number of hydrogen-bond donors (Lipinski definition) is 1. The Labute approximate surface area is 232 Å². The Balaban J connectivity index is 1.38. The van der Waals surface area contributed by atoms with Crippen LogP contribution in [0.5, 0.6) is 0 Å². The summed E-state index contributed by atoms with van der Waals surface area (Å²) in [4.78, 5) is 33.8. The molecule has 0 bridgehead atoms. The largest absolute Gasteiger partial charge is 0.341 e. The number of fused-ring (bicyclic) bond motifs is 1. The number of carbonyl (C=O) groups is 1. The summed E-state index contributed by atoms with van der Waals surface area (Å²) < 4.78 is 31.8. The molecule has 1 N–H and O–H groups in total. The summed E-state index contributed by atoms with van der Waals surface area (Å²) in [7, 11) is 0. The third kappa shape index (κ3) is 5.25. The van der Waals surface area contributed by atoms with Crippen LogP contribution in [-0.4, -0.2) is 66.4 Å². The summed E-state index contributed by atoms with van der Waals surface area (Å²) in [6.45, 7) is 12.5. The minimum absolute atomic E-state index is 0.0222. The molecule has 1 unspecified atom stereocenters. The number of anilines is 2. The van der Waals surface area contributed by atoms with Crippen LogP contribution < -0.4 is 5.32 Å². The average Bonchev–Trinajstić information content (AvgIpc) is 3.28. The van der Waals surface area contributed by atoms with Crippen molar-refractivity contribution in [1.29, 1.82) is 0 Å². The monoisotopic (exact) mass is 548 g/mol. The van der Waals surface area contributed by atoms with Gasteiger partial charge in [0.1, 0.15) is 22.9 Å². The van der Waals surface area contributed by atoms with Gasteiger partial charge in [-0.25, -0.2) is 28.7 Å². The number of hydrogen-bond acceptors (Lipinski definition) is 7. The molecule has 0 spiro atoms. The van der Waals surface area contributed by atoms with Gasteiger partial charge < -0.3 is 14.8 Å². The number of aromatic nitrogens is 5. The number of pyridine rings is 1. The van der Waals surface area contributed by atoms with E-state index in [9.17, 15) is 9.18 Å². The summed E-state index contributed by atoms with van der Waals surface area (Å²) in [5.74, 6) is 0.246. The molecule has 1 aliphatic heterocycles. The Morgan fingerprint density at radius 3 is 2.48 bits per heavy atom. The maximum atomic E-state index is 15.0. The highest BCUT2D eigenvalue weighted by Gasteiger charge is 2.28. The fraction of sp³-hybridized carbons (Fsp3) is 0.414. The second-order valence-corrected chi connectivity index (χ2v) is 10.3. The first-order valence-electron chi connectivity index (χ1n) is 13.7. The molecule has 4 heterocycles. The first-order chi connectivity index (χ1) is 19.2. The van der Waals surface area contributed by atoms with E-state index in [1.165, 1.54) is 6.07 Å². The first-order valence-corrected chi connectivity index (χ1v) is 13.7. The number of carbonyl (C=O) groups excluding carboxylic acids is 1. The van der Waals surface area contributed by atoms with Crippen LogP contribution in [0.25, 0.3) is 22.3 Å². The second-order valence-electron chi connectivity index (χ2n) is 10.3. The summed E-state index contributed by atoms with van der Waals surface area (Å²) >= 11 is 0. The third-order valence-corrected chi connectivity index (χ3v) is 7.43. The van der Waals surface area contributed by atoms with Crippen LogP contribution >= 0.6 is 0 Å². The van der Waals surface area contributed by atoms with E-state index < -0.39 is 11.6 Å². The molecule has 210 valence electrons. The Kier molecular flexibility index (Phi) is 7.75. The van der Waals surface area contributed by atoms with Crippen LogP contribution in [-0.2, 0) is 4.79 Å². The van der Waals surface area contributed by atoms with Crippen molar-refractivity contribution in [3.8, 4) is 11.3 Å². The van der Waals surface area contributed by atoms with Crippen molar-refractivity contribution in [2.24, 2.45) is 0 Å². The minimum Gasteiger partial charge on any atom is -0.341 e. The normalized spacial score (nSPS) is 15.3. The van der Waals surface area contributed by atoms with E-state index in [4.69, 9.17) is 0 Å². The molecule has 5 rings (SSSR count). The maximum absolute atomic E-state index is 15.0. The lowest BCUT2D eigenvalue weighted by Crippen LogP contribution is -2.51. The van der Waals surface area contributed by atoms with Gasteiger partial charge in [-0.2, -0.15) is 0 Å². The number of nitrogens with one attached hydrogen (secondary N) is 1. The lowest BCUT2D eigenvalue weighted by atomic mass is 10.0. The molecule has 9 nitrogen and oxygen atoms in total. The molecular weight excluding hydrogens is 514 g/mol. The van der Waals surface area contributed by atoms with E-state index >= 15 is 4.39 Å². The van der Waals surface area contributed by atoms with Crippen molar-refractivity contribution in [3.05, 3.63) is 59.7 Å². The average molecular weight is 549 g/mol. The van der Waals surface area contributed by atoms with Gasteiger partial charge in [0.2, 0.25) is 11.9 Å². The fourth-order valence-corrected chi connectivity index (χ4v) is 5.51. The zero-order valence-electron chi connectivity index (χ0n) is 23.4. The predicted octanol–water partition coefficient (Wildman–Crippen LogP) is 5.41. The molecular formula is C29H34F2N8O. The number of imidazole rings is 1. The number of likely N-dealkylation sites (N-methyl/N-ethyl adjacent to an activating group) is 1. The highest BCUT2D eigenvalue weighted by Crippen LogP contribution is 2.31. The molecule has 1 amide bonds. The molecule has 1 atom stereocenters.